The molecule has 0 fully saturated rings. The molecule has 0 saturated heterocycles. The SMILES string of the molecule is CS(=O)(=O)[C]1=C(S(C)(=O)=O)C(S(C)(=O)=O)=C(S(C)(=O)=O)[CH](S(C)(=O)=O)[Al+]1.CS(=O)(=O)[C]1=C(S(C)(=O)=O)C(S(C)(=O)=O)=C(S(C)(=O)=O)[CH](S(C)(=O)=O)[Al]1.C[S-](=O)=O. The third kappa shape index (κ3) is 14.9. The number of hydrogen-bond donors (Lipinski definition) is 0. The maximum absolute atomic E-state index is 12.2. The molecule has 0 saturated carbocycles. The molecule has 323 valence electrons. The van der Waals surface area contributed by atoms with Gasteiger partial charge in [-0.15, -0.1) is 0 Å². The minimum absolute atomic E-state index is 0.485. The van der Waals surface area contributed by atoms with E-state index >= 15 is 0 Å². The van der Waals surface area contributed by atoms with E-state index in [1.807, 2.05) is 0 Å². The summed E-state index contributed by atoms with van der Waals surface area (Å²) in [5.74, 6) is 0. The smallest absolute Gasteiger partial charge is 0.309 e. The Morgan fingerprint density at radius 1 is 0.411 bits per heavy atom. The largest absolute Gasteiger partial charge is 0.424 e. The van der Waals surface area contributed by atoms with Gasteiger partial charge in [0, 0.05) is 35.4 Å². The molecule has 0 aromatic rings. The number of sulfone groups is 10. The maximum atomic E-state index is 12.2. The van der Waals surface area contributed by atoms with E-state index in [2.05, 4.69) is 0 Å². The molecule has 0 aromatic carbocycles. The predicted molar refractivity (Wildman–Crippen MR) is 210 cm³/mol. The molecule has 0 bridgehead atoms. The molecule has 2 aliphatic rings. The normalized spacial score (nSPS) is 19.9. The van der Waals surface area contributed by atoms with Crippen molar-refractivity contribution in [2.24, 2.45) is 0 Å². The van der Waals surface area contributed by atoms with Gasteiger partial charge in [-0.25, -0.2) is 42.1 Å². The molecule has 35 heteroatoms. The molecular weight excluding hydrogens is 1010 g/mol. The van der Waals surface area contributed by atoms with Crippen LogP contribution in [0.3, 0.4) is 0 Å². The van der Waals surface area contributed by atoms with Gasteiger partial charge in [0.05, 0.1) is 14.7 Å². The molecular formula is C21H35Al2O22S11. The molecule has 56 heavy (non-hydrogen) atoms. The van der Waals surface area contributed by atoms with Crippen LogP contribution in [0.1, 0.15) is 0 Å². The van der Waals surface area contributed by atoms with Gasteiger partial charge >= 0.3 is 176 Å². The topological polar surface area (TPSA) is 376 Å². The fourth-order valence-corrected chi connectivity index (χ4v) is 31.7. The zero-order valence-corrected chi connectivity index (χ0v) is 42.1. The van der Waals surface area contributed by atoms with Crippen molar-refractivity contribution in [3.8, 4) is 0 Å². The van der Waals surface area contributed by atoms with Gasteiger partial charge in [0.25, 0.3) is 0 Å². The Labute approximate surface area is 342 Å². The molecule has 0 aromatic heterocycles. The molecule has 22 nitrogen and oxygen atoms in total. The second kappa shape index (κ2) is 17.5. The zero-order valence-electron chi connectivity index (χ0n) is 30.8. The van der Waals surface area contributed by atoms with Crippen LogP contribution in [0.25, 0.3) is 0 Å². The van der Waals surface area contributed by atoms with Crippen molar-refractivity contribution in [3.05, 3.63) is 37.0 Å². The Kier molecular flexibility index (Phi) is 17.3. The quantitative estimate of drug-likeness (QED) is 0.146. The summed E-state index contributed by atoms with van der Waals surface area (Å²) in [6.45, 7) is 0. The van der Waals surface area contributed by atoms with Gasteiger partial charge in [-0.05, 0) is 3.77 Å². The van der Waals surface area contributed by atoms with Crippen molar-refractivity contribution >= 4 is 140 Å². The van der Waals surface area contributed by atoms with Gasteiger partial charge in [-0.1, -0.05) is 17.0 Å². The van der Waals surface area contributed by atoms with Crippen LogP contribution in [0, 0.1) is 0 Å². The van der Waals surface area contributed by atoms with E-state index in [0.717, 1.165) is 6.26 Å². The summed E-state index contributed by atoms with van der Waals surface area (Å²) in [4.78, 5) is -7.14. The molecule has 1 radical (unpaired) electrons. The van der Waals surface area contributed by atoms with Crippen LogP contribution in [0.4, 0.5) is 0 Å². The molecule has 0 aliphatic carbocycles. The van der Waals surface area contributed by atoms with E-state index in [9.17, 15) is 84.2 Å². The van der Waals surface area contributed by atoms with Crippen LogP contribution >= 0.6 is 0 Å². The van der Waals surface area contributed by atoms with Gasteiger partial charge < -0.3 is 8.42 Å². The third-order valence-electron chi connectivity index (χ3n) is 6.43. The minimum Gasteiger partial charge on any atom is -0.424 e. The summed E-state index contributed by atoms with van der Waals surface area (Å²) in [5.41, 5.74) is 0. The first-order chi connectivity index (χ1) is 23.9. The van der Waals surface area contributed by atoms with Gasteiger partial charge in [-0.2, -0.15) is 0 Å². The molecule has 2 heterocycles. The van der Waals surface area contributed by atoms with Crippen LogP contribution < -0.4 is 0 Å². The fourth-order valence-electron chi connectivity index (χ4n) is 4.67. The summed E-state index contributed by atoms with van der Waals surface area (Å²) in [6.07, 6.45) is 6.64. The van der Waals surface area contributed by atoms with E-state index in [-0.39, 0.29) is 0 Å². The van der Waals surface area contributed by atoms with E-state index in [4.69, 9.17) is 8.42 Å². The third-order valence-corrected chi connectivity index (χ3v) is 29.5. The summed E-state index contributed by atoms with van der Waals surface area (Å²) >= 11 is -3.91. The Hall–Kier alpha value is -0.525. The zero-order chi connectivity index (χ0) is 45.8. The van der Waals surface area contributed by atoms with Gasteiger partial charge in [-0.3, -0.25) is 0 Å². The molecule has 0 amide bonds. The number of hydrogen-bond acceptors (Lipinski definition) is 23. The first-order valence-electron chi connectivity index (χ1n) is 13.6. The molecule has 0 N–H and O–H groups in total. The van der Waals surface area contributed by atoms with Gasteiger partial charge in [0.2, 0.25) is 0 Å². The Morgan fingerprint density at radius 2 is 0.714 bits per heavy atom. The first kappa shape index (κ1) is 55.5. The van der Waals surface area contributed by atoms with Crippen LogP contribution in [-0.2, 0) is 117 Å². The van der Waals surface area contributed by atoms with E-state index in [0.29, 0.717) is 62.6 Å². The summed E-state index contributed by atoms with van der Waals surface area (Å²) in [7, 11) is -46.4. The Balaban J connectivity index is 0.000000985. The average Bonchev–Trinajstić information content (AvgIpc) is 2.85. The monoisotopic (exact) mass is 1040 g/mol. The first-order valence-corrected chi connectivity index (χ1v) is 36.6. The van der Waals surface area contributed by atoms with Crippen molar-refractivity contribution < 1.29 is 92.6 Å². The number of rotatable bonds is 10. The second-order valence-corrected chi connectivity index (χ2v) is 38.0. The van der Waals surface area contributed by atoms with Crippen LogP contribution in [0.15, 0.2) is 37.0 Å². The van der Waals surface area contributed by atoms with Crippen molar-refractivity contribution in [2.75, 3.05) is 68.8 Å². The molecule has 0 spiro atoms. The Morgan fingerprint density at radius 3 is 0.929 bits per heavy atom. The molecule has 2 rings (SSSR count). The molecule has 2 atom stereocenters. The summed E-state index contributed by atoms with van der Waals surface area (Å²) < 4.78 is 256. The van der Waals surface area contributed by atoms with E-state index in [1.165, 1.54) is 0 Å². The van der Waals surface area contributed by atoms with Crippen molar-refractivity contribution in [3.63, 3.8) is 0 Å². The Bertz CT molecular complexity index is 2860. The second-order valence-electron chi connectivity index (χ2n) is 12.2. The molecule has 2 unspecified atom stereocenters. The summed E-state index contributed by atoms with van der Waals surface area (Å²) in [5, 5.41) is 0. The minimum atomic E-state index is -4.63. The van der Waals surface area contributed by atoms with Crippen molar-refractivity contribution in [1.82, 2.24) is 0 Å². The van der Waals surface area contributed by atoms with Crippen molar-refractivity contribution in [1.29, 1.82) is 0 Å². The van der Waals surface area contributed by atoms with Gasteiger partial charge in [0.1, 0.15) is 9.84 Å². The predicted octanol–water partition coefficient (Wildman–Crippen LogP) is -4.81. The fraction of sp³-hybridized carbons (Fsp3) is 0.619. The van der Waals surface area contributed by atoms with Crippen LogP contribution in [0.5, 0.6) is 0 Å². The summed E-state index contributed by atoms with van der Waals surface area (Å²) in [6, 6.07) is 0. The molecule has 2 aliphatic heterocycles. The van der Waals surface area contributed by atoms with E-state index < -0.39 is 185 Å². The van der Waals surface area contributed by atoms with Crippen LogP contribution in [-0.4, -0.2) is 192 Å². The van der Waals surface area contributed by atoms with Crippen LogP contribution in [0.2, 0.25) is 0 Å². The maximum Gasteiger partial charge on any atom is 0.309 e. The van der Waals surface area contributed by atoms with Crippen molar-refractivity contribution in [2.45, 2.75) is 8.22 Å². The van der Waals surface area contributed by atoms with Gasteiger partial charge in [0.15, 0.2) is 39.3 Å². The average molecular weight is 1050 g/mol. The standard InChI is InChI=1S/2C10H16O10S5.CH3O2S.2Al/c2*1-21(11,12)6-8(23(3,15)16)10(25(5,19)20)9(24(4,17)18)7-22(2,13)14;1-4(2)3;;/h2*6H,1-5H3;1H3;;/q;;-1;;+1. The van der Waals surface area contributed by atoms with E-state index in [1.54, 1.807) is 0 Å².